The molecule has 0 spiro atoms. The van der Waals surface area contributed by atoms with E-state index in [2.05, 4.69) is 34.2 Å². The Hall–Kier alpha value is -4.07. The summed E-state index contributed by atoms with van der Waals surface area (Å²) in [7, 11) is 1.65. The van der Waals surface area contributed by atoms with Crippen molar-refractivity contribution in [2.24, 2.45) is 29.5 Å². The van der Waals surface area contributed by atoms with Gasteiger partial charge in [-0.15, -0.1) is 0 Å². The number of aromatic nitrogens is 1. The summed E-state index contributed by atoms with van der Waals surface area (Å²) >= 11 is 1.63. The second-order valence-electron chi connectivity index (χ2n) is 15.0. The fourth-order valence-corrected chi connectivity index (χ4v) is 8.69. The number of fused-ring (bicyclic) bond motifs is 1. The number of esters is 2. The standard InChI is InChI=1S/C41H58N6O6S/c1-5-7-8-11-24-47(40-45-34-12-9-10-13-35(34)54-40)44-26-31-25-32(52-38(50)29-18-16-28(17-19-29)37(49)46-42)22-23-33(31)41(3,6-2)53-39(51)30-20-14-27(15-21-30)36(48)43-4/h9-10,12-13,22-23,25,27-30,44H,5-8,11,14-21,24,26,42H2,1-4H3,(H,43,48)(H,46,49). The molecular formula is C41H58N6O6S. The van der Waals surface area contributed by atoms with Crippen LogP contribution in [0.1, 0.15) is 115 Å². The van der Waals surface area contributed by atoms with Gasteiger partial charge in [-0.2, -0.15) is 0 Å². The van der Waals surface area contributed by atoms with Crippen molar-refractivity contribution >= 4 is 50.4 Å². The number of carbonyl (C=O) groups excluding carboxylic acids is 4. The second kappa shape index (κ2) is 19.5. The van der Waals surface area contributed by atoms with Gasteiger partial charge in [0.15, 0.2) is 0 Å². The number of rotatable bonds is 17. The van der Waals surface area contributed by atoms with Crippen molar-refractivity contribution in [3.05, 3.63) is 53.6 Å². The van der Waals surface area contributed by atoms with Crippen molar-refractivity contribution in [3.8, 4) is 5.75 Å². The molecule has 1 unspecified atom stereocenters. The van der Waals surface area contributed by atoms with Gasteiger partial charge in [-0.3, -0.25) is 29.6 Å². The number of hydrazine groups is 2. The molecule has 1 heterocycles. The number of benzene rings is 2. The number of anilines is 1. The number of unbranched alkanes of at least 4 members (excludes halogenated alkanes) is 3. The van der Waals surface area contributed by atoms with Gasteiger partial charge in [0.2, 0.25) is 16.9 Å². The van der Waals surface area contributed by atoms with Gasteiger partial charge in [-0.1, -0.05) is 62.6 Å². The van der Waals surface area contributed by atoms with Crippen LogP contribution in [0.3, 0.4) is 0 Å². The summed E-state index contributed by atoms with van der Waals surface area (Å²) in [5.41, 5.74) is 7.52. The Morgan fingerprint density at radius 1 is 0.870 bits per heavy atom. The molecule has 13 heteroatoms. The van der Waals surface area contributed by atoms with Crippen LogP contribution >= 0.6 is 11.3 Å². The molecule has 0 radical (unpaired) electrons. The Morgan fingerprint density at radius 2 is 1.52 bits per heavy atom. The molecular weight excluding hydrogens is 705 g/mol. The van der Waals surface area contributed by atoms with E-state index >= 15 is 0 Å². The third-order valence-electron chi connectivity index (χ3n) is 11.3. The van der Waals surface area contributed by atoms with Crippen LogP contribution in [-0.2, 0) is 36.1 Å². The average Bonchev–Trinajstić information content (AvgIpc) is 3.64. The topological polar surface area (TPSA) is 165 Å². The number of hydrogen-bond donors (Lipinski definition) is 4. The molecule has 12 nitrogen and oxygen atoms in total. The van der Waals surface area contributed by atoms with Crippen molar-refractivity contribution < 1.29 is 28.7 Å². The first kappa shape index (κ1) is 41.1. The van der Waals surface area contributed by atoms with E-state index in [4.69, 9.17) is 20.3 Å². The summed E-state index contributed by atoms with van der Waals surface area (Å²) in [5.74, 6) is 4.13. The lowest BCUT2D eigenvalue weighted by Crippen LogP contribution is -2.40. The number of thiazole rings is 1. The van der Waals surface area contributed by atoms with E-state index in [9.17, 15) is 19.2 Å². The first-order valence-corrected chi connectivity index (χ1v) is 20.6. The number of nitrogens with two attached hydrogens (primary N) is 1. The molecule has 54 heavy (non-hydrogen) atoms. The molecule has 2 aliphatic rings. The zero-order chi connectivity index (χ0) is 38.7. The molecule has 2 aromatic carbocycles. The Morgan fingerprint density at radius 3 is 2.15 bits per heavy atom. The summed E-state index contributed by atoms with van der Waals surface area (Å²) in [6.07, 6.45) is 9.66. The molecule has 294 valence electrons. The molecule has 2 aliphatic carbocycles. The highest BCUT2D eigenvalue weighted by molar-refractivity contribution is 7.22. The van der Waals surface area contributed by atoms with Gasteiger partial charge < -0.3 is 14.8 Å². The largest absolute Gasteiger partial charge is 0.454 e. The van der Waals surface area contributed by atoms with Gasteiger partial charge in [0.25, 0.3) is 0 Å². The molecule has 2 saturated carbocycles. The van der Waals surface area contributed by atoms with Crippen LogP contribution < -0.4 is 31.8 Å². The van der Waals surface area contributed by atoms with Crippen molar-refractivity contribution in [1.29, 1.82) is 0 Å². The third-order valence-corrected chi connectivity index (χ3v) is 12.4. The molecule has 0 bridgehead atoms. The number of amides is 2. The molecule has 2 fully saturated rings. The van der Waals surface area contributed by atoms with Crippen LogP contribution in [0.2, 0.25) is 0 Å². The lowest BCUT2D eigenvalue weighted by atomic mass is 9.81. The number of ether oxygens (including phenoxy) is 2. The van der Waals surface area contributed by atoms with Gasteiger partial charge in [-0.25, -0.2) is 16.3 Å². The van der Waals surface area contributed by atoms with Crippen LogP contribution in [0.4, 0.5) is 5.13 Å². The van der Waals surface area contributed by atoms with E-state index in [0.29, 0.717) is 70.1 Å². The summed E-state index contributed by atoms with van der Waals surface area (Å²) < 4.78 is 13.5. The van der Waals surface area contributed by atoms with Gasteiger partial charge in [-0.05, 0) is 101 Å². The van der Waals surface area contributed by atoms with E-state index in [1.807, 2.05) is 44.2 Å². The molecule has 5 rings (SSSR count). The molecule has 0 aliphatic heterocycles. The molecule has 1 atom stereocenters. The van der Waals surface area contributed by atoms with E-state index in [0.717, 1.165) is 58.7 Å². The van der Waals surface area contributed by atoms with Crippen molar-refractivity contribution in [3.63, 3.8) is 0 Å². The molecule has 1 aromatic heterocycles. The normalized spacial score (nSPS) is 21.1. The zero-order valence-corrected chi connectivity index (χ0v) is 33.1. The highest BCUT2D eigenvalue weighted by Crippen LogP contribution is 2.38. The number of hydrogen-bond acceptors (Lipinski definition) is 11. The van der Waals surface area contributed by atoms with Crippen LogP contribution in [0.25, 0.3) is 10.2 Å². The lowest BCUT2D eigenvalue weighted by Gasteiger charge is -2.34. The maximum absolute atomic E-state index is 13.7. The predicted molar refractivity (Wildman–Crippen MR) is 211 cm³/mol. The monoisotopic (exact) mass is 762 g/mol. The number of nitrogens with one attached hydrogen (secondary N) is 3. The smallest absolute Gasteiger partial charge is 0.314 e. The highest BCUT2D eigenvalue weighted by atomic mass is 32.1. The first-order chi connectivity index (χ1) is 26.1. The summed E-state index contributed by atoms with van der Waals surface area (Å²) in [4.78, 5) is 56.3. The second-order valence-corrected chi connectivity index (χ2v) is 16.0. The maximum Gasteiger partial charge on any atom is 0.314 e. The van der Waals surface area contributed by atoms with E-state index < -0.39 is 5.60 Å². The Kier molecular flexibility index (Phi) is 14.8. The number of para-hydroxylation sites is 1. The Bertz CT molecular complexity index is 1700. The first-order valence-electron chi connectivity index (χ1n) is 19.8. The third kappa shape index (κ3) is 10.4. The number of carbonyl (C=O) groups is 4. The van der Waals surface area contributed by atoms with Crippen LogP contribution in [-0.4, -0.2) is 42.3 Å². The van der Waals surface area contributed by atoms with Crippen LogP contribution in [0, 0.1) is 23.7 Å². The van der Waals surface area contributed by atoms with Crippen molar-refractivity contribution in [2.75, 3.05) is 18.6 Å². The molecule has 5 N–H and O–H groups in total. The van der Waals surface area contributed by atoms with Crippen LogP contribution in [0.15, 0.2) is 42.5 Å². The minimum Gasteiger partial charge on any atom is -0.454 e. The van der Waals surface area contributed by atoms with Gasteiger partial charge in [0.1, 0.15) is 11.4 Å². The van der Waals surface area contributed by atoms with Gasteiger partial charge in [0, 0.05) is 37.5 Å². The molecule has 2 amide bonds. The number of nitrogens with zero attached hydrogens (tertiary/aromatic N) is 2. The molecule has 0 saturated heterocycles. The van der Waals surface area contributed by atoms with E-state index in [1.54, 1.807) is 24.5 Å². The van der Waals surface area contributed by atoms with Crippen molar-refractivity contribution in [1.82, 2.24) is 21.2 Å². The van der Waals surface area contributed by atoms with Gasteiger partial charge in [0.05, 0.1) is 22.1 Å². The predicted octanol–water partition coefficient (Wildman–Crippen LogP) is 6.81. The Labute approximate surface area is 323 Å². The maximum atomic E-state index is 13.7. The Balaban J connectivity index is 1.39. The summed E-state index contributed by atoms with van der Waals surface area (Å²) in [6, 6.07) is 13.7. The minimum atomic E-state index is -0.960. The average molecular weight is 763 g/mol. The summed E-state index contributed by atoms with van der Waals surface area (Å²) in [6.45, 7) is 7.27. The zero-order valence-electron chi connectivity index (χ0n) is 32.3. The summed E-state index contributed by atoms with van der Waals surface area (Å²) in [5, 5.41) is 5.71. The lowest BCUT2D eigenvalue weighted by molar-refractivity contribution is -0.166. The van der Waals surface area contributed by atoms with E-state index in [-0.39, 0.29) is 47.4 Å². The quantitative estimate of drug-likeness (QED) is 0.0287. The SMILES string of the molecule is CCCCCCN(NCc1cc(OC(=O)C2CCC(C(=O)NN)CC2)ccc1C(C)(CC)OC(=O)C1CCC(C(=O)NC)CC1)c1nc2ccccc2s1. The molecule has 3 aromatic rings. The van der Waals surface area contributed by atoms with Gasteiger partial charge >= 0.3 is 11.9 Å². The fourth-order valence-electron chi connectivity index (χ4n) is 7.72. The highest BCUT2D eigenvalue weighted by Gasteiger charge is 2.37. The van der Waals surface area contributed by atoms with Crippen molar-refractivity contribution in [2.45, 2.75) is 116 Å². The van der Waals surface area contributed by atoms with Crippen LogP contribution in [0.5, 0.6) is 5.75 Å². The minimum absolute atomic E-state index is 0.0232. The van der Waals surface area contributed by atoms with E-state index in [1.165, 1.54) is 0 Å². The fraction of sp³-hybridized carbons (Fsp3) is 0.585.